The molecule has 0 aliphatic heterocycles. The fraction of sp³-hybridized carbons (Fsp3) is 0.222. The van der Waals surface area contributed by atoms with Crippen molar-refractivity contribution in [1.29, 1.82) is 0 Å². The number of nitrogens with one attached hydrogen (secondary N) is 1. The van der Waals surface area contributed by atoms with Gasteiger partial charge in [0.1, 0.15) is 11.9 Å². The van der Waals surface area contributed by atoms with Crippen LogP contribution in [-0.2, 0) is 11.3 Å². The molecule has 3 aromatic rings. The average molecular weight is 406 g/mol. The van der Waals surface area contributed by atoms with Crippen molar-refractivity contribution in [1.82, 2.24) is 19.6 Å². The van der Waals surface area contributed by atoms with Gasteiger partial charge in [0.05, 0.1) is 6.54 Å². The van der Waals surface area contributed by atoms with Gasteiger partial charge in [-0.2, -0.15) is 10.2 Å². The summed E-state index contributed by atoms with van der Waals surface area (Å²) in [6, 6.07) is 6.41. The van der Waals surface area contributed by atoms with E-state index in [0.29, 0.717) is 22.9 Å². The van der Waals surface area contributed by atoms with Gasteiger partial charge >= 0.3 is 5.97 Å². The zero-order chi connectivity index (χ0) is 20.4. The van der Waals surface area contributed by atoms with E-state index in [2.05, 4.69) is 15.5 Å². The zero-order valence-electron chi connectivity index (χ0n) is 15.1. The lowest BCUT2D eigenvalue weighted by Gasteiger charge is -2.11. The van der Waals surface area contributed by atoms with Crippen LogP contribution in [-0.4, -0.2) is 36.5 Å². The highest BCUT2D eigenvalue weighted by Gasteiger charge is 2.19. The molecule has 2 N–H and O–H groups in total. The van der Waals surface area contributed by atoms with Crippen molar-refractivity contribution in [3.63, 3.8) is 0 Å². The van der Waals surface area contributed by atoms with Crippen molar-refractivity contribution in [3.05, 3.63) is 64.3 Å². The fourth-order valence-electron chi connectivity index (χ4n) is 2.56. The molecule has 1 aromatic carbocycles. The Morgan fingerprint density at radius 2 is 2.04 bits per heavy atom. The van der Waals surface area contributed by atoms with E-state index in [1.807, 2.05) is 6.92 Å². The number of aryl methyl sites for hydroxylation is 1. The Morgan fingerprint density at radius 1 is 1.29 bits per heavy atom. The summed E-state index contributed by atoms with van der Waals surface area (Å²) in [5.74, 6) is -1.65. The van der Waals surface area contributed by atoms with E-state index in [1.54, 1.807) is 23.7 Å². The van der Waals surface area contributed by atoms with E-state index in [9.17, 15) is 14.0 Å². The molecule has 0 aliphatic rings. The zero-order valence-corrected chi connectivity index (χ0v) is 15.8. The average Bonchev–Trinajstić information content (AvgIpc) is 3.24. The van der Waals surface area contributed by atoms with Crippen LogP contribution in [0.2, 0.25) is 5.02 Å². The van der Waals surface area contributed by atoms with E-state index in [1.165, 1.54) is 29.1 Å². The molecule has 2 heterocycles. The molecule has 0 saturated carbocycles. The van der Waals surface area contributed by atoms with Crippen LogP contribution in [0.1, 0.15) is 34.7 Å². The molecule has 0 radical (unpaired) electrons. The summed E-state index contributed by atoms with van der Waals surface area (Å²) in [6.07, 6.45) is 1.42. The number of aromatic carboxylic acids is 1. The number of carbonyl (C=O) groups excluding carboxylic acids is 1. The van der Waals surface area contributed by atoms with Crippen molar-refractivity contribution in [2.45, 2.75) is 26.4 Å². The maximum Gasteiger partial charge on any atom is 0.356 e. The first-order chi connectivity index (χ1) is 13.2. The lowest BCUT2D eigenvalue weighted by molar-refractivity contribution is -0.119. The Balaban J connectivity index is 1.71. The molecule has 28 heavy (non-hydrogen) atoms. The second-order valence-corrected chi connectivity index (χ2v) is 6.62. The molecule has 0 fully saturated rings. The molecule has 3 rings (SSSR count). The van der Waals surface area contributed by atoms with Crippen molar-refractivity contribution in [2.75, 3.05) is 5.32 Å². The molecule has 1 amide bonds. The summed E-state index contributed by atoms with van der Waals surface area (Å²) in [5, 5.41) is 20.1. The number of halogens is 2. The van der Waals surface area contributed by atoms with Crippen LogP contribution in [0.5, 0.6) is 0 Å². The van der Waals surface area contributed by atoms with Crippen LogP contribution < -0.4 is 5.32 Å². The lowest BCUT2D eigenvalue weighted by atomic mass is 10.2. The first kappa shape index (κ1) is 19.6. The number of carbonyl (C=O) groups is 2. The quantitative estimate of drug-likeness (QED) is 0.656. The molecular weight excluding hydrogens is 389 g/mol. The SMILES string of the molecule is Cc1cc(NC(=O)C(C)n2ccc(C(=O)O)n2)nn1Cc1ccc(F)cc1Cl. The molecule has 8 nitrogen and oxygen atoms in total. The van der Waals surface area contributed by atoms with Crippen LogP contribution in [0, 0.1) is 12.7 Å². The Bertz CT molecular complexity index is 1050. The lowest BCUT2D eigenvalue weighted by Crippen LogP contribution is -2.24. The van der Waals surface area contributed by atoms with Crippen molar-refractivity contribution in [2.24, 2.45) is 0 Å². The van der Waals surface area contributed by atoms with Crippen molar-refractivity contribution >= 4 is 29.3 Å². The van der Waals surface area contributed by atoms with Gasteiger partial charge in [-0.3, -0.25) is 14.2 Å². The number of nitrogens with zero attached hydrogens (tertiary/aromatic N) is 4. The van der Waals surface area contributed by atoms with E-state index in [0.717, 1.165) is 5.69 Å². The third-order valence-electron chi connectivity index (χ3n) is 4.17. The molecule has 1 atom stereocenters. The van der Waals surface area contributed by atoms with Crippen molar-refractivity contribution < 1.29 is 19.1 Å². The molecule has 0 saturated heterocycles. The van der Waals surface area contributed by atoms with E-state index in [4.69, 9.17) is 16.7 Å². The number of rotatable bonds is 6. The Morgan fingerprint density at radius 3 is 2.68 bits per heavy atom. The Kier molecular flexibility index (Phi) is 5.46. The number of benzene rings is 1. The van der Waals surface area contributed by atoms with E-state index in [-0.39, 0.29) is 5.69 Å². The molecule has 1 unspecified atom stereocenters. The number of anilines is 1. The van der Waals surface area contributed by atoms with Gasteiger partial charge in [0.15, 0.2) is 11.5 Å². The summed E-state index contributed by atoms with van der Waals surface area (Å²) in [6.45, 7) is 3.73. The maximum absolute atomic E-state index is 13.2. The number of carboxylic acid groups (broad SMARTS) is 1. The van der Waals surface area contributed by atoms with Crippen molar-refractivity contribution in [3.8, 4) is 0 Å². The van der Waals surface area contributed by atoms with Crippen LogP contribution in [0.3, 0.4) is 0 Å². The number of hydrogen-bond donors (Lipinski definition) is 2. The van der Waals surface area contributed by atoms with Gasteiger partial charge in [-0.05, 0) is 37.6 Å². The smallest absolute Gasteiger partial charge is 0.356 e. The summed E-state index contributed by atoms with van der Waals surface area (Å²) >= 11 is 6.05. The number of hydrogen-bond acceptors (Lipinski definition) is 4. The highest BCUT2D eigenvalue weighted by molar-refractivity contribution is 6.31. The number of carboxylic acids is 1. The van der Waals surface area contributed by atoms with Gasteiger partial charge in [-0.25, -0.2) is 9.18 Å². The summed E-state index contributed by atoms with van der Waals surface area (Å²) < 4.78 is 16.1. The molecule has 2 aromatic heterocycles. The molecule has 0 bridgehead atoms. The molecule has 0 spiro atoms. The van der Waals surface area contributed by atoms with Crippen LogP contribution >= 0.6 is 11.6 Å². The first-order valence-corrected chi connectivity index (χ1v) is 8.70. The predicted octanol–water partition coefficient (Wildman–Crippen LogP) is 3.13. The van der Waals surface area contributed by atoms with Gasteiger partial charge in [0, 0.05) is 23.0 Å². The minimum Gasteiger partial charge on any atom is -0.476 e. The van der Waals surface area contributed by atoms with E-state index >= 15 is 0 Å². The Hall–Kier alpha value is -3.20. The monoisotopic (exact) mass is 405 g/mol. The Labute approximate surface area is 164 Å². The normalized spacial score (nSPS) is 12.0. The summed E-state index contributed by atoms with van der Waals surface area (Å²) in [5.41, 5.74) is 1.32. The van der Waals surface area contributed by atoms with Gasteiger partial charge < -0.3 is 10.4 Å². The van der Waals surface area contributed by atoms with Gasteiger partial charge in [-0.1, -0.05) is 17.7 Å². The van der Waals surface area contributed by atoms with Gasteiger partial charge in [-0.15, -0.1) is 0 Å². The molecule has 0 aliphatic carbocycles. The number of aromatic nitrogens is 4. The second-order valence-electron chi connectivity index (χ2n) is 6.22. The predicted molar refractivity (Wildman–Crippen MR) is 100 cm³/mol. The summed E-state index contributed by atoms with van der Waals surface area (Å²) in [7, 11) is 0. The maximum atomic E-state index is 13.2. The standard InChI is InChI=1S/C18H17ClFN5O3/c1-10-7-16(23-25(10)9-12-3-4-13(20)8-14(12)19)21-17(26)11(2)24-6-5-15(22-24)18(27)28/h3-8,11H,9H2,1-2H3,(H,27,28)(H,21,23,26). The second kappa shape index (κ2) is 7.81. The molecular formula is C18H17ClFN5O3. The van der Waals surface area contributed by atoms with Gasteiger partial charge in [0.2, 0.25) is 5.91 Å². The topological polar surface area (TPSA) is 102 Å². The van der Waals surface area contributed by atoms with Gasteiger partial charge in [0.25, 0.3) is 0 Å². The van der Waals surface area contributed by atoms with Crippen LogP contribution in [0.4, 0.5) is 10.2 Å². The fourth-order valence-corrected chi connectivity index (χ4v) is 2.79. The largest absolute Gasteiger partial charge is 0.476 e. The highest BCUT2D eigenvalue weighted by Crippen LogP contribution is 2.20. The third kappa shape index (κ3) is 4.20. The first-order valence-electron chi connectivity index (χ1n) is 8.32. The molecule has 10 heteroatoms. The van der Waals surface area contributed by atoms with Crippen LogP contribution in [0.25, 0.3) is 0 Å². The minimum absolute atomic E-state index is 0.143. The van der Waals surface area contributed by atoms with E-state index < -0.39 is 23.7 Å². The third-order valence-corrected chi connectivity index (χ3v) is 4.52. The minimum atomic E-state index is -1.17. The number of amides is 1. The summed E-state index contributed by atoms with van der Waals surface area (Å²) in [4.78, 5) is 23.3. The molecule has 146 valence electrons. The highest BCUT2D eigenvalue weighted by atomic mass is 35.5. The van der Waals surface area contributed by atoms with Crippen LogP contribution in [0.15, 0.2) is 36.5 Å².